The standard InChI is InChI=1S/C31H57N3O4/c1-8-23(4)30(33(6)28(35)19-22(2)3)27(38-7)21-29(36)34-18-12-15-26(34)20-24(5)31(37)32-17-16-25-13-10-9-11-14-25/h22-27,30H,8-21H2,1-7H3,(H,32,37)/t23-,24+,26?,27+,30-/m1/s1. The van der Waals surface area contributed by atoms with E-state index in [1.54, 1.807) is 7.11 Å². The number of ether oxygens (including phenoxy) is 1. The monoisotopic (exact) mass is 535 g/mol. The van der Waals surface area contributed by atoms with Gasteiger partial charge in [0.2, 0.25) is 17.7 Å². The average Bonchev–Trinajstić information content (AvgIpc) is 3.36. The summed E-state index contributed by atoms with van der Waals surface area (Å²) in [4.78, 5) is 43.1. The Labute approximate surface area is 232 Å². The molecule has 1 aliphatic heterocycles. The van der Waals surface area contributed by atoms with Crippen molar-refractivity contribution < 1.29 is 19.1 Å². The van der Waals surface area contributed by atoms with Crippen molar-refractivity contribution in [2.45, 2.75) is 130 Å². The number of carbonyl (C=O) groups is 3. The van der Waals surface area contributed by atoms with Crippen molar-refractivity contribution in [1.29, 1.82) is 0 Å². The number of hydrogen-bond donors (Lipinski definition) is 1. The molecule has 2 rings (SSSR count). The van der Waals surface area contributed by atoms with E-state index >= 15 is 0 Å². The van der Waals surface area contributed by atoms with Crippen LogP contribution in [0.1, 0.15) is 112 Å². The van der Waals surface area contributed by atoms with Crippen molar-refractivity contribution >= 4 is 17.7 Å². The fourth-order valence-electron chi connectivity index (χ4n) is 6.51. The highest BCUT2D eigenvalue weighted by Gasteiger charge is 2.37. The van der Waals surface area contributed by atoms with Crippen LogP contribution >= 0.6 is 0 Å². The van der Waals surface area contributed by atoms with E-state index in [0.717, 1.165) is 44.7 Å². The van der Waals surface area contributed by atoms with Crippen LogP contribution < -0.4 is 5.32 Å². The lowest BCUT2D eigenvalue weighted by Crippen LogP contribution is -2.51. The fourth-order valence-corrected chi connectivity index (χ4v) is 6.51. The first-order valence-electron chi connectivity index (χ1n) is 15.4. The Morgan fingerprint density at radius 1 is 1.00 bits per heavy atom. The number of rotatable bonds is 15. The normalized spacial score (nSPS) is 21.7. The van der Waals surface area contributed by atoms with Crippen molar-refractivity contribution in [2.75, 3.05) is 27.2 Å². The summed E-state index contributed by atoms with van der Waals surface area (Å²) >= 11 is 0. The van der Waals surface area contributed by atoms with Gasteiger partial charge < -0.3 is 19.9 Å². The first-order chi connectivity index (χ1) is 18.1. The summed E-state index contributed by atoms with van der Waals surface area (Å²) in [5.74, 6) is 1.41. The molecule has 0 aromatic rings. The molecular weight excluding hydrogens is 478 g/mol. The van der Waals surface area contributed by atoms with Gasteiger partial charge in [-0.05, 0) is 43.4 Å². The third-order valence-electron chi connectivity index (χ3n) is 9.06. The molecule has 0 bridgehead atoms. The first-order valence-corrected chi connectivity index (χ1v) is 15.4. The van der Waals surface area contributed by atoms with Gasteiger partial charge in [-0.3, -0.25) is 14.4 Å². The van der Waals surface area contributed by atoms with Gasteiger partial charge >= 0.3 is 0 Å². The summed E-state index contributed by atoms with van der Waals surface area (Å²) in [6.07, 6.45) is 11.6. The lowest BCUT2D eigenvalue weighted by Gasteiger charge is -2.39. The lowest BCUT2D eigenvalue weighted by atomic mass is 9.87. The predicted octanol–water partition coefficient (Wildman–Crippen LogP) is 5.41. The van der Waals surface area contributed by atoms with Crippen LogP contribution in [0.4, 0.5) is 0 Å². The van der Waals surface area contributed by atoms with Crippen molar-refractivity contribution in [2.24, 2.45) is 23.7 Å². The third kappa shape index (κ3) is 9.84. The van der Waals surface area contributed by atoms with Gasteiger partial charge in [-0.25, -0.2) is 0 Å². The highest BCUT2D eigenvalue weighted by atomic mass is 16.5. The van der Waals surface area contributed by atoms with Crippen LogP contribution in [0.5, 0.6) is 0 Å². The molecule has 220 valence electrons. The Bertz CT molecular complexity index is 737. The Hall–Kier alpha value is -1.63. The number of likely N-dealkylation sites (N-methyl/N-ethyl adjacent to an activating group) is 1. The van der Waals surface area contributed by atoms with Crippen LogP contribution in [0.15, 0.2) is 0 Å². The third-order valence-corrected chi connectivity index (χ3v) is 9.06. The van der Waals surface area contributed by atoms with E-state index in [9.17, 15) is 14.4 Å². The summed E-state index contributed by atoms with van der Waals surface area (Å²) < 4.78 is 5.89. The van der Waals surface area contributed by atoms with Crippen molar-refractivity contribution in [3.8, 4) is 0 Å². The molecule has 7 heteroatoms. The van der Waals surface area contributed by atoms with E-state index < -0.39 is 0 Å². The molecule has 2 fully saturated rings. The van der Waals surface area contributed by atoms with E-state index in [1.807, 2.05) is 37.6 Å². The number of nitrogens with one attached hydrogen (secondary N) is 1. The second-order valence-electron chi connectivity index (χ2n) is 12.6. The van der Waals surface area contributed by atoms with Gasteiger partial charge in [0.15, 0.2) is 0 Å². The van der Waals surface area contributed by atoms with Gasteiger partial charge in [0.05, 0.1) is 18.6 Å². The highest BCUT2D eigenvalue weighted by molar-refractivity contribution is 5.80. The Balaban J connectivity index is 1.94. The van der Waals surface area contributed by atoms with E-state index in [1.165, 1.54) is 32.1 Å². The summed E-state index contributed by atoms with van der Waals surface area (Å²) in [6.45, 7) is 11.8. The molecule has 0 aromatic heterocycles. The molecule has 7 nitrogen and oxygen atoms in total. The smallest absolute Gasteiger partial charge is 0.225 e. The zero-order chi connectivity index (χ0) is 28.2. The van der Waals surface area contributed by atoms with Gasteiger partial charge in [-0.2, -0.15) is 0 Å². The van der Waals surface area contributed by atoms with Crippen LogP contribution in [-0.2, 0) is 19.1 Å². The molecule has 38 heavy (non-hydrogen) atoms. The second-order valence-corrected chi connectivity index (χ2v) is 12.6. The van der Waals surface area contributed by atoms with E-state index in [2.05, 4.69) is 19.2 Å². The molecule has 1 saturated carbocycles. The summed E-state index contributed by atoms with van der Waals surface area (Å²) in [6, 6.07) is -0.0726. The molecule has 3 amide bonds. The minimum atomic E-state index is -0.361. The lowest BCUT2D eigenvalue weighted by molar-refractivity contribution is -0.143. The summed E-state index contributed by atoms with van der Waals surface area (Å²) in [7, 11) is 3.50. The zero-order valence-electron chi connectivity index (χ0n) is 25.5. The Morgan fingerprint density at radius 3 is 2.29 bits per heavy atom. The number of methoxy groups -OCH3 is 1. The SMILES string of the molecule is CC[C@@H](C)[C@H]([C@H](CC(=O)N1CCCC1C[C@H](C)C(=O)NCCC1CCCCC1)OC)N(C)C(=O)CC(C)C. The maximum Gasteiger partial charge on any atom is 0.225 e. The van der Waals surface area contributed by atoms with E-state index in [0.29, 0.717) is 12.8 Å². The van der Waals surface area contributed by atoms with E-state index in [4.69, 9.17) is 4.74 Å². The molecule has 1 aliphatic carbocycles. The number of likely N-dealkylation sites (tertiary alicyclic amines) is 1. The second kappa shape index (κ2) is 16.5. The Kier molecular flexibility index (Phi) is 14.1. The number of carbonyl (C=O) groups excluding carboxylic acids is 3. The van der Waals surface area contributed by atoms with Crippen molar-refractivity contribution in [3.63, 3.8) is 0 Å². The molecule has 1 saturated heterocycles. The molecule has 2 aliphatic rings. The van der Waals surface area contributed by atoms with Crippen molar-refractivity contribution in [1.82, 2.24) is 15.1 Å². The quantitative estimate of drug-likeness (QED) is 0.304. The highest BCUT2D eigenvalue weighted by Crippen LogP contribution is 2.28. The minimum absolute atomic E-state index is 0.0715. The molecule has 0 radical (unpaired) electrons. The van der Waals surface area contributed by atoms with Crippen LogP contribution in [0, 0.1) is 23.7 Å². The van der Waals surface area contributed by atoms with E-state index in [-0.39, 0.29) is 60.1 Å². The summed E-state index contributed by atoms with van der Waals surface area (Å²) in [5.41, 5.74) is 0. The maximum atomic E-state index is 13.6. The van der Waals surface area contributed by atoms with Gasteiger partial charge in [-0.1, -0.05) is 73.1 Å². The van der Waals surface area contributed by atoms with Gasteiger partial charge in [0.25, 0.3) is 0 Å². The maximum absolute atomic E-state index is 13.6. The number of nitrogens with zero attached hydrogens (tertiary/aromatic N) is 2. The average molecular weight is 536 g/mol. The first kappa shape index (κ1) is 32.6. The van der Waals surface area contributed by atoms with Crippen LogP contribution in [0.25, 0.3) is 0 Å². The van der Waals surface area contributed by atoms with Crippen LogP contribution in [0.3, 0.4) is 0 Å². The molecule has 1 heterocycles. The molecule has 0 aromatic carbocycles. The van der Waals surface area contributed by atoms with Gasteiger partial charge in [0, 0.05) is 45.6 Å². The molecule has 0 spiro atoms. The Morgan fingerprint density at radius 2 is 1.68 bits per heavy atom. The topological polar surface area (TPSA) is 79.0 Å². The van der Waals surface area contributed by atoms with Crippen molar-refractivity contribution in [3.05, 3.63) is 0 Å². The molecule has 5 atom stereocenters. The summed E-state index contributed by atoms with van der Waals surface area (Å²) in [5, 5.41) is 3.16. The van der Waals surface area contributed by atoms with Crippen LogP contribution in [0.2, 0.25) is 0 Å². The zero-order valence-corrected chi connectivity index (χ0v) is 25.5. The molecule has 1 unspecified atom stereocenters. The molecular formula is C31H57N3O4. The van der Waals surface area contributed by atoms with Crippen LogP contribution in [-0.4, -0.2) is 73.0 Å². The number of hydrogen-bond acceptors (Lipinski definition) is 4. The number of amides is 3. The fraction of sp³-hybridized carbons (Fsp3) is 0.903. The molecule has 1 N–H and O–H groups in total. The predicted molar refractivity (Wildman–Crippen MR) is 154 cm³/mol. The minimum Gasteiger partial charge on any atom is -0.379 e. The largest absolute Gasteiger partial charge is 0.379 e. The van der Waals surface area contributed by atoms with Gasteiger partial charge in [0.1, 0.15) is 0 Å². The van der Waals surface area contributed by atoms with Gasteiger partial charge in [-0.15, -0.1) is 0 Å².